The van der Waals surface area contributed by atoms with Gasteiger partial charge in [0.15, 0.2) is 0 Å². The summed E-state index contributed by atoms with van der Waals surface area (Å²) in [6, 6.07) is 9.15. The van der Waals surface area contributed by atoms with E-state index in [2.05, 4.69) is 19.1 Å². The summed E-state index contributed by atoms with van der Waals surface area (Å²) in [7, 11) is 0. The number of hydrogen-bond donors (Lipinski definition) is 2. The number of cyclic esters (lactones) is 1. The monoisotopic (exact) mass is 627 g/mol. The number of ether oxygens (including phenoxy) is 2. The largest absolute Gasteiger partial charge is 0.461 e. The molecule has 4 rings (SSSR count). The molecule has 3 aliphatic heterocycles. The highest BCUT2D eigenvalue weighted by Gasteiger charge is 2.54. The van der Waals surface area contributed by atoms with E-state index in [4.69, 9.17) is 9.47 Å². The van der Waals surface area contributed by atoms with Gasteiger partial charge < -0.3 is 24.6 Å². The van der Waals surface area contributed by atoms with Crippen molar-refractivity contribution in [3.63, 3.8) is 0 Å². The van der Waals surface area contributed by atoms with Crippen LogP contribution in [0.1, 0.15) is 104 Å². The van der Waals surface area contributed by atoms with Gasteiger partial charge in [0, 0.05) is 30.7 Å². The van der Waals surface area contributed by atoms with Gasteiger partial charge in [0.05, 0.1) is 12.2 Å². The summed E-state index contributed by atoms with van der Waals surface area (Å²) in [6.45, 7) is 7.41. The number of fused-ring (bicyclic) bond motifs is 3. The molecule has 1 aromatic carbocycles. The van der Waals surface area contributed by atoms with Crippen LogP contribution >= 0.6 is 0 Å². The van der Waals surface area contributed by atoms with Crippen molar-refractivity contribution in [2.45, 2.75) is 135 Å². The number of amides is 1. The number of aliphatic hydroxyl groups excluding tert-OH is 1. The molecule has 1 amide bonds. The van der Waals surface area contributed by atoms with Gasteiger partial charge in [-0.1, -0.05) is 64.4 Å². The summed E-state index contributed by atoms with van der Waals surface area (Å²) >= 11 is 0. The average molecular weight is 628 g/mol. The third-order valence-electron chi connectivity index (χ3n) is 10.7. The first kappa shape index (κ1) is 35.2. The van der Waals surface area contributed by atoms with Crippen LogP contribution in [0.2, 0.25) is 0 Å². The summed E-state index contributed by atoms with van der Waals surface area (Å²) in [5.41, 5.74) is 1.15. The molecular formula is C36H53NO8. The number of nitrogens with zero attached hydrogens (tertiary/aromatic N) is 1. The first-order valence-electron chi connectivity index (χ1n) is 17.2. The number of piperidine rings is 1. The molecule has 0 saturated carbocycles. The lowest BCUT2D eigenvalue weighted by atomic mass is 9.79. The summed E-state index contributed by atoms with van der Waals surface area (Å²) < 4.78 is 12.2. The van der Waals surface area contributed by atoms with Crippen molar-refractivity contribution in [3.8, 4) is 0 Å². The van der Waals surface area contributed by atoms with Gasteiger partial charge in [-0.3, -0.25) is 14.4 Å². The van der Waals surface area contributed by atoms with E-state index in [9.17, 15) is 29.4 Å². The van der Waals surface area contributed by atoms with Crippen molar-refractivity contribution in [1.82, 2.24) is 4.90 Å². The summed E-state index contributed by atoms with van der Waals surface area (Å²) in [6.07, 6.45) is 5.08. The van der Waals surface area contributed by atoms with Gasteiger partial charge in [-0.05, 0) is 75.7 Å². The number of hydrogen-bond acceptors (Lipinski definition) is 8. The van der Waals surface area contributed by atoms with Crippen LogP contribution in [0.3, 0.4) is 0 Å². The Hall–Kier alpha value is -2.62. The Morgan fingerprint density at radius 1 is 0.933 bits per heavy atom. The van der Waals surface area contributed by atoms with Crippen LogP contribution in [0.25, 0.3) is 0 Å². The van der Waals surface area contributed by atoms with Crippen LogP contribution in [-0.2, 0) is 35.1 Å². The fourth-order valence-electron chi connectivity index (χ4n) is 7.36. The summed E-state index contributed by atoms with van der Waals surface area (Å²) in [5, 5.41) is 22.8. The molecule has 0 aliphatic carbocycles. The molecule has 3 heterocycles. The maximum atomic E-state index is 13.8. The molecule has 1 aromatic rings. The van der Waals surface area contributed by atoms with E-state index in [0.717, 1.165) is 31.2 Å². The van der Waals surface area contributed by atoms with E-state index >= 15 is 0 Å². The van der Waals surface area contributed by atoms with Crippen molar-refractivity contribution >= 4 is 23.4 Å². The van der Waals surface area contributed by atoms with Gasteiger partial charge >= 0.3 is 5.97 Å². The second-order valence-electron chi connectivity index (χ2n) is 13.7. The first-order chi connectivity index (χ1) is 21.5. The Kier molecular flexibility index (Phi) is 12.4. The molecule has 0 radical (unpaired) electrons. The quantitative estimate of drug-likeness (QED) is 0.360. The van der Waals surface area contributed by atoms with Crippen LogP contribution in [0, 0.1) is 23.7 Å². The Labute approximate surface area is 268 Å². The molecule has 45 heavy (non-hydrogen) atoms. The second-order valence-corrected chi connectivity index (χ2v) is 13.7. The number of carbonyl (C=O) groups is 4. The Bertz CT molecular complexity index is 1170. The Morgan fingerprint density at radius 2 is 1.64 bits per heavy atom. The lowest BCUT2D eigenvalue weighted by Crippen LogP contribution is -2.61. The molecular weight excluding hydrogens is 574 g/mol. The Morgan fingerprint density at radius 3 is 2.36 bits per heavy atom. The molecule has 2 N–H and O–H groups in total. The van der Waals surface area contributed by atoms with Crippen LogP contribution in [0.15, 0.2) is 30.3 Å². The van der Waals surface area contributed by atoms with E-state index in [1.165, 1.54) is 4.90 Å². The molecule has 3 aliphatic rings. The van der Waals surface area contributed by atoms with Gasteiger partial charge in [0.25, 0.3) is 11.7 Å². The number of Topliss-reactive ketones (excluding diaryl/α,β-unsaturated/α-hetero) is 2. The SMILES string of the molecule is CC[C@H](Cc1ccccc1)[C@@H]1CCCCCC(=O)[C@@H](C)[C@H](O)[C@@H](C)[C@@H]2CC[C@@H](C)C(O)(O2)C(=O)C(=O)N2CCCC[C@H]2C(=O)O1. The van der Waals surface area contributed by atoms with Crippen LogP contribution in [0.5, 0.6) is 0 Å². The fourth-order valence-corrected chi connectivity index (χ4v) is 7.36. The summed E-state index contributed by atoms with van der Waals surface area (Å²) in [5.74, 6) is -6.85. The van der Waals surface area contributed by atoms with Crippen molar-refractivity contribution in [1.29, 1.82) is 0 Å². The number of carbonyl (C=O) groups excluding carboxylic acids is 4. The van der Waals surface area contributed by atoms with E-state index < -0.39 is 65.6 Å². The topological polar surface area (TPSA) is 130 Å². The molecule has 2 bridgehead atoms. The highest BCUT2D eigenvalue weighted by atomic mass is 16.6. The van der Waals surface area contributed by atoms with Crippen molar-refractivity contribution in [2.24, 2.45) is 23.7 Å². The molecule has 9 atom stereocenters. The van der Waals surface area contributed by atoms with Gasteiger partial charge in [-0.2, -0.15) is 0 Å². The highest BCUT2D eigenvalue weighted by Crippen LogP contribution is 2.38. The minimum absolute atomic E-state index is 0.0478. The third-order valence-corrected chi connectivity index (χ3v) is 10.7. The maximum absolute atomic E-state index is 13.8. The lowest BCUT2D eigenvalue weighted by molar-refractivity contribution is -0.274. The molecule has 0 aromatic heterocycles. The second kappa shape index (κ2) is 15.8. The van der Waals surface area contributed by atoms with Crippen LogP contribution < -0.4 is 0 Å². The zero-order valence-electron chi connectivity index (χ0n) is 27.5. The number of aliphatic hydroxyl groups is 2. The fraction of sp³-hybridized carbons (Fsp3) is 0.722. The lowest BCUT2D eigenvalue weighted by Gasteiger charge is -2.44. The van der Waals surface area contributed by atoms with Crippen LogP contribution in [-0.4, -0.2) is 75.2 Å². The van der Waals surface area contributed by atoms with E-state index in [0.29, 0.717) is 51.4 Å². The Balaban J connectivity index is 1.64. The van der Waals surface area contributed by atoms with Gasteiger partial charge in [0.2, 0.25) is 5.79 Å². The van der Waals surface area contributed by atoms with Gasteiger partial charge in [-0.25, -0.2) is 4.79 Å². The molecule has 250 valence electrons. The van der Waals surface area contributed by atoms with Crippen LogP contribution in [0.4, 0.5) is 0 Å². The van der Waals surface area contributed by atoms with E-state index in [1.54, 1.807) is 20.8 Å². The first-order valence-corrected chi connectivity index (χ1v) is 17.2. The number of rotatable bonds is 4. The number of esters is 1. The molecule has 3 saturated heterocycles. The number of ketones is 2. The zero-order valence-corrected chi connectivity index (χ0v) is 27.5. The standard InChI is InChI=1S/C36H53NO8/c1-5-27(22-26-14-8-6-9-15-26)31-18-11-7-10-17-29(38)24(3)32(39)25(4)30-20-19-23(2)36(43,45-30)33(40)34(41)37-21-13-12-16-28(37)35(42)44-31/h6,8-9,14-15,23-25,27-28,30-32,39,43H,5,7,10-13,16-22H2,1-4H3/t23-,24-,25+,27-,28+,30+,31+,32+,36?/m1/s1. The predicted octanol–water partition coefficient (Wildman–Crippen LogP) is 4.79. The average Bonchev–Trinajstić information content (AvgIpc) is 3.05. The maximum Gasteiger partial charge on any atom is 0.329 e. The smallest absolute Gasteiger partial charge is 0.329 e. The molecule has 1 unspecified atom stereocenters. The van der Waals surface area contributed by atoms with Crippen molar-refractivity contribution in [3.05, 3.63) is 35.9 Å². The molecule has 0 spiro atoms. The molecule has 9 nitrogen and oxygen atoms in total. The summed E-state index contributed by atoms with van der Waals surface area (Å²) in [4.78, 5) is 55.8. The van der Waals surface area contributed by atoms with Gasteiger partial charge in [-0.15, -0.1) is 0 Å². The van der Waals surface area contributed by atoms with E-state index in [-0.39, 0.29) is 18.2 Å². The highest BCUT2D eigenvalue weighted by molar-refractivity contribution is 6.39. The molecule has 9 heteroatoms. The van der Waals surface area contributed by atoms with E-state index in [1.807, 2.05) is 18.2 Å². The third kappa shape index (κ3) is 8.22. The van der Waals surface area contributed by atoms with Gasteiger partial charge in [0.1, 0.15) is 17.9 Å². The minimum Gasteiger partial charge on any atom is -0.461 e. The minimum atomic E-state index is -2.40. The zero-order chi connectivity index (χ0) is 32.7. The normalized spacial score (nSPS) is 35.4. The predicted molar refractivity (Wildman–Crippen MR) is 169 cm³/mol. The molecule has 3 fully saturated rings. The van der Waals surface area contributed by atoms with Crippen molar-refractivity contribution < 1.29 is 38.9 Å². The van der Waals surface area contributed by atoms with Crippen molar-refractivity contribution in [2.75, 3.05) is 6.54 Å². The number of benzene rings is 1.